The zero-order valence-electron chi connectivity index (χ0n) is 15.6. The Morgan fingerprint density at radius 3 is 2.96 bits per heavy atom. The number of rotatable bonds is 5. The summed E-state index contributed by atoms with van der Waals surface area (Å²) in [6.07, 6.45) is 6.25. The van der Waals surface area contributed by atoms with Gasteiger partial charge in [0.25, 0.3) is 0 Å². The zero-order chi connectivity index (χ0) is 18.9. The Hall–Kier alpha value is -2.38. The van der Waals surface area contributed by atoms with E-state index in [1.54, 1.807) is 13.3 Å². The first-order valence-corrected chi connectivity index (χ1v) is 9.48. The van der Waals surface area contributed by atoms with Crippen LogP contribution in [0, 0.1) is 5.41 Å². The van der Waals surface area contributed by atoms with Gasteiger partial charge in [-0.15, -0.1) is 0 Å². The van der Waals surface area contributed by atoms with Crippen LogP contribution in [-0.2, 0) is 11.3 Å². The van der Waals surface area contributed by atoms with Crippen molar-refractivity contribution < 1.29 is 14.6 Å². The molecule has 0 amide bonds. The van der Waals surface area contributed by atoms with E-state index in [0.29, 0.717) is 13.1 Å². The Morgan fingerprint density at radius 2 is 2.22 bits per heavy atom. The molecule has 2 aliphatic heterocycles. The maximum absolute atomic E-state index is 12.1. The van der Waals surface area contributed by atoms with Gasteiger partial charge in [0.2, 0.25) is 0 Å². The number of hydrogen-bond donors (Lipinski definition) is 2. The van der Waals surface area contributed by atoms with E-state index in [4.69, 9.17) is 4.74 Å². The summed E-state index contributed by atoms with van der Waals surface area (Å²) in [4.78, 5) is 18.9. The van der Waals surface area contributed by atoms with Gasteiger partial charge < -0.3 is 19.7 Å². The number of carboxylic acids is 1. The topological polar surface area (TPSA) is 79.6 Å². The number of benzene rings is 1. The number of aromatic nitrogens is 2. The molecule has 27 heavy (non-hydrogen) atoms. The minimum Gasteiger partial charge on any atom is -0.497 e. The highest BCUT2D eigenvalue weighted by Crippen LogP contribution is 2.38. The fraction of sp³-hybridized carbons (Fsp3) is 0.500. The summed E-state index contributed by atoms with van der Waals surface area (Å²) in [5.41, 5.74) is 0.332. The van der Waals surface area contributed by atoms with Gasteiger partial charge in [-0.2, -0.15) is 0 Å². The van der Waals surface area contributed by atoms with Gasteiger partial charge >= 0.3 is 5.97 Å². The number of nitrogens with zero attached hydrogens (tertiary/aromatic N) is 3. The van der Waals surface area contributed by atoms with E-state index in [1.807, 2.05) is 30.5 Å². The van der Waals surface area contributed by atoms with Gasteiger partial charge in [0.1, 0.15) is 11.6 Å². The van der Waals surface area contributed by atoms with Crippen molar-refractivity contribution in [3.8, 4) is 11.4 Å². The van der Waals surface area contributed by atoms with Crippen molar-refractivity contribution in [2.24, 2.45) is 5.41 Å². The number of fused-ring (bicyclic) bond motifs is 1. The number of nitrogens with one attached hydrogen (secondary N) is 1. The van der Waals surface area contributed by atoms with E-state index in [9.17, 15) is 9.90 Å². The first-order valence-electron chi connectivity index (χ1n) is 9.48. The summed E-state index contributed by atoms with van der Waals surface area (Å²) in [5.74, 6) is 1.06. The van der Waals surface area contributed by atoms with Crippen molar-refractivity contribution in [2.45, 2.75) is 31.8 Å². The van der Waals surface area contributed by atoms with Crippen LogP contribution >= 0.6 is 0 Å². The zero-order valence-corrected chi connectivity index (χ0v) is 15.6. The monoisotopic (exact) mass is 370 g/mol. The molecule has 0 saturated carbocycles. The Balaban J connectivity index is 1.53. The van der Waals surface area contributed by atoms with Crippen LogP contribution in [0.5, 0.6) is 5.75 Å². The molecule has 1 aromatic carbocycles. The third kappa shape index (κ3) is 3.33. The molecule has 144 valence electrons. The maximum atomic E-state index is 12.1. The largest absolute Gasteiger partial charge is 0.497 e. The standard InChI is InChI=1S/C20H26N4O3/c1-27-16-5-3-15(4-6-16)24-12-10-22-18(24)13-23-11-7-17-20(14-23,19(25)26)8-2-9-21-17/h3-6,10,12,17,21H,2,7-9,11,13-14H2,1H3,(H,25,26)/t17-,20+/m0/s1. The van der Waals surface area contributed by atoms with E-state index in [2.05, 4.69) is 19.8 Å². The molecule has 7 heteroatoms. The van der Waals surface area contributed by atoms with Crippen molar-refractivity contribution in [3.05, 3.63) is 42.5 Å². The summed E-state index contributed by atoms with van der Waals surface area (Å²) >= 11 is 0. The molecule has 2 aliphatic rings. The minimum absolute atomic E-state index is 0.0707. The third-order valence-corrected chi connectivity index (χ3v) is 5.96. The average Bonchev–Trinajstić information content (AvgIpc) is 3.15. The van der Waals surface area contributed by atoms with E-state index >= 15 is 0 Å². The number of piperidine rings is 2. The van der Waals surface area contributed by atoms with Crippen LogP contribution in [0.3, 0.4) is 0 Å². The molecule has 0 radical (unpaired) electrons. The van der Waals surface area contributed by atoms with Crippen molar-refractivity contribution >= 4 is 5.97 Å². The highest BCUT2D eigenvalue weighted by Gasteiger charge is 2.50. The van der Waals surface area contributed by atoms with E-state index in [1.165, 1.54) is 0 Å². The Bertz CT molecular complexity index is 804. The Morgan fingerprint density at radius 1 is 1.41 bits per heavy atom. The van der Waals surface area contributed by atoms with Crippen LogP contribution in [0.4, 0.5) is 0 Å². The normalized spacial score (nSPS) is 25.7. The highest BCUT2D eigenvalue weighted by molar-refractivity contribution is 5.76. The van der Waals surface area contributed by atoms with Crippen molar-refractivity contribution in [1.29, 1.82) is 0 Å². The predicted octanol–water partition coefficient (Wildman–Crippen LogP) is 1.91. The van der Waals surface area contributed by atoms with Gasteiger partial charge in [0.15, 0.2) is 0 Å². The summed E-state index contributed by atoms with van der Waals surface area (Å²) in [5, 5.41) is 13.4. The molecule has 2 atom stereocenters. The van der Waals surface area contributed by atoms with Crippen LogP contribution in [0.25, 0.3) is 5.69 Å². The number of carboxylic acid groups (broad SMARTS) is 1. The highest BCUT2D eigenvalue weighted by atomic mass is 16.5. The SMILES string of the molecule is COc1ccc(-n2ccnc2CN2CC[C@@H]3NCCC[C@@]3(C(=O)O)C2)cc1. The van der Waals surface area contributed by atoms with E-state index in [0.717, 1.165) is 49.6 Å². The summed E-state index contributed by atoms with van der Waals surface area (Å²) < 4.78 is 7.28. The molecule has 0 unspecified atom stereocenters. The lowest BCUT2D eigenvalue weighted by atomic mass is 9.70. The summed E-state index contributed by atoms with van der Waals surface area (Å²) in [6.45, 7) is 3.00. The molecule has 0 spiro atoms. The van der Waals surface area contributed by atoms with E-state index < -0.39 is 11.4 Å². The van der Waals surface area contributed by atoms with Crippen LogP contribution in [-0.4, -0.2) is 58.3 Å². The van der Waals surface area contributed by atoms with Gasteiger partial charge in [-0.25, -0.2) is 4.98 Å². The Kier molecular flexibility index (Phi) is 4.88. The van der Waals surface area contributed by atoms with Gasteiger partial charge in [-0.3, -0.25) is 9.69 Å². The lowest BCUT2D eigenvalue weighted by Crippen LogP contribution is -2.62. The number of hydrogen-bond acceptors (Lipinski definition) is 5. The van der Waals surface area contributed by atoms with Crippen LogP contribution in [0.1, 0.15) is 25.1 Å². The number of likely N-dealkylation sites (tertiary alicyclic amines) is 1. The lowest BCUT2D eigenvalue weighted by molar-refractivity contribution is -0.157. The maximum Gasteiger partial charge on any atom is 0.312 e. The van der Waals surface area contributed by atoms with Crippen molar-refractivity contribution in [1.82, 2.24) is 19.8 Å². The summed E-state index contributed by atoms with van der Waals surface area (Å²) in [6, 6.07) is 7.93. The van der Waals surface area contributed by atoms with Crippen LogP contribution < -0.4 is 10.1 Å². The molecule has 2 aromatic rings. The molecule has 0 aliphatic carbocycles. The molecule has 0 bridgehead atoms. The quantitative estimate of drug-likeness (QED) is 0.837. The third-order valence-electron chi connectivity index (χ3n) is 5.96. The van der Waals surface area contributed by atoms with E-state index in [-0.39, 0.29) is 6.04 Å². The number of aliphatic carboxylic acids is 1. The molecule has 4 rings (SSSR count). The lowest BCUT2D eigenvalue weighted by Gasteiger charge is -2.48. The summed E-state index contributed by atoms with van der Waals surface area (Å²) in [7, 11) is 1.65. The fourth-order valence-electron chi connectivity index (χ4n) is 4.49. The molecular weight excluding hydrogens is 344 g/mol. The van der Waals surface area contributed by atoms with Crippen LogP contribution in [0.2, 0.25) is 0 Å². The van der Waals surface area contributed by atoms with Crippen molar-refractivity contribution in [3.63, 3.8) is 0 Å². The number of ether oxygens (including phenoxy) is 1. The van der Waals surface area contributed by atoms with Crippen LogP contribution in [0.15, 0.2) is 36.7 Å². The molecule has 3 heterocycles. The second-order valence-electron chi connectivity index (χ2n) is 7.48. The molecule has 2 N–H and O–H groups in total. The second kappa shape index (κ2) is 7.32. The molecule has 7 nitrogen and oxygen atoms in total. The minimum atomic E-state index is -0.686. The predicted molar refractivity (Wildman–Crippen MR) is 101 cm³/mol. The first kappa shape index (κ1) is 18.0. The van der Waals surface area contributed by atoms with Crippen molar-refractivity contribution in [2.75, 3.05) is 26.7 Å². The fourth-order valence-corrected chi connectivity index (χ4v) is 4.49. The van der Waals surface area contributed by atoms with Gasteiger partial charge in [-0.05, 0) is 50.1 Å². The number of imidazole rings is 1. The van der Waals surface area contributed by atoms with Gasteiger partial charge in [0.05, 0.1) is 19.1 Å². The number of methoxy groups -OCH3 is 1. The molecule has 2 fully saturated rings. The van der Waals surface area contributed by atoms with Gasteiger partial charge in [-0.1, -0.05) is 0 Å². The first-order chi connectivity index (χ1) is 13.1. The average molecular weight is 370 g/mol. The number of carbonyl (C=O) groups is 1. The van der Waals surface area contributed by atoms with Gasteiger partial charge in [0, 0.05) is 37.2 Å². The molecular formula is C20H26N4O3. The smallest absolute Gasteiger partial charge is 0.312 e. The molecule has 1 aromatic heterocycles. The Labute approximate surface area is 159 Å². The second-order valence-corrected chi connectivity index (χ2v) is 7.48. The molecule has 2 saturated heterocycles.